The maximum atomic E-state index is 13.2. The van der Waals surface area contributed by atoms with Crippen molar-refractivity contribution in [1.29, 1.82) is 0 Å². The number of fused-ring (bicyclic) bond motifs is 3. The van der Waals surface area contributed by atoms with E-state index in [1.807, 2.05) is 45.0 Å². The summed E-state index contributed by atoms with van der Waals surface area (Å²) in [5.41, 5.74) is 0.293. The molecule has 2 aliphatic carbocycles. The van der Waals surface area contributed by atoms with Crippen molar-refractivity contribution in [2.24, 2.45) is 16.7 Å². The van der Waals surface area contributed by atoms with Gasteiger partial charge in [-0.3, -0.25) is 19.4 Å². The van der Waals surface area contributed by atoms with Crippen LogP contribution in [0.5, 0.6) is 0 Å². The van der Waals surface area contributed by atoms with Gasteiger partial charge >= 0.3 is 0 Å². The predicted molar refractivity (Wildman–Crippen MR) is 94.1 cm³/mol. The molecule has 0 aliphatic heterocycles. The van der Waals surface area contributed by atoms with Gasteiger partial charge < -0.3 is 5.32 Å². The molecule has 2 unspecified atom stereocenters. The maximum absolute atomic E-state index is 13.2. The van der Waals surface area contributed by atoms with Gasteiger partial charge in [0.05, 0.1) is 11.2 Å². The Bertz CT molecular complexity index is 947. The Balaban J connectivity index is 1.79. The minimum Gasteiger partial charge on any atom is -0.324 e. The number of nitrogens with one attached hydrogen (secondary N) is 1. The van der Waals surface area contributed by atoms with E-state index in [1.54, 1.807) is 6.07 Å². The van der Waals surface area contributed by atoms with E-state index in [9.17, 15) is 14.4 Å². The number of para-hydroxylation sites is 1. The highest BCUT2D eigenvalue weighted by atomic mass is 16.2. The summed E-state index contributed by atoms with van der Waals surface area (Å²) in [6, 6.07) is 9.35. The molecule has 5 heteroatoms. The van der Waals surface area contributed by atoms with Crippen LogP contribution in [0.25, 0.3) is 10.9 Å². The number of Topliss-reactive ketones (excluding diaryl/α,β-unsaturated/α-hetero) is 2. The molecule has 1 heterocycles. The van der Waals surface area contributed by atoms with Crippen molar-refractivity contribution in [3.05, 3.63) is 36.0 Å². The Hall–Kier alpha value is -2.56. The molecule has 1 amide bonds. The Morgan fingerprint density at radius 1 is 1.24 bits per heavy atom. The van der Waals surface area contributed by atoms with Crippen LogP contribution in [0.3, 0.4) is 0 Å². The summed E-state index contributed by atoms with van der Waals surface area (Å²) in [6.45, 7) is 5.59. The van der Waals surface area contributed by atoms with Crippen LogP contribution < -0.4 is 5.32 Å². The molecule has 2 aliphatic rings. The van der Waals surface area contributed by atoms with E-state index in [2.05, 4.69) is 10.3 Å². The van der Waals surface area contributed by atoms with Crippen LogP contribution in [-0.4, -0.2) is 22.5 Å². The number of amides is 1. The van der Waals surface area contributed by atoms with Crippen molar-refractivity contribution >= 4 is 34.1 Å². The van der Waals surface area contributed by atoms with Crippen molar-refractivity contribution < 1.29 is 14.4 Å². The SMILES string of the molecule is Cc1cc(NC(=O)C23CCC(C(=O)C2=O)C3(C)C)c2ccccc2n1. The fourth-order valence-corrected chi connectivity index (χ4v) is 4.72. The minimum atomic E-state index is -1.26. The van der Waals surface area contributed by atoms with Gasteiger partial charge in [-0.1, -0.05) is 32.0 Å². The second-order valence-corrected chi connectivity index (χ2v) is 7.69. The first-order chi connectivity index (χ1) is 11.8. The Morgan fingerprint density at radius 3 is 2.64 bits per heavy atom. The second-order valence-electron chi connectivity index (χ2n) is 7.69. The number of benzene rings is 1. The van der Waals surface area contributed by atoms with Gasteiger partial charge in [-0.25, -0.2) is 0 Å². The summed E-state index contributed by atoms with van der Waals surface area (Å²) < 4.78 is 0. The van der Waals surface area contributed by atoms with Crippen LogP contribution in [0.2, 0.25) is 0 Å². The summed E-state index contributed by atoms with van der Waals surface area (Å²) in [6.07, 6.45) is 1.03. The Labute approximate surface area is 145 Å². The number of aromatic nitrogens is 1. The zero-order valence-electron chi connectivity index (χ0n) is 14.6. The third-order valence-corrected chi connectivity index (χ3v) is 6.19. The lowest BCUT2D eigenvalue weighted by molar-refractivity contribution is -0.147. The van der Waals surface area contributed by atoms with Crippen LogP contribution in [0, 0.1) is 23.7 Å². The number of nitrogens with zero attached hydrogens (tertiary/aromatic N) is 1. The van der Waals surface area contributed by atoms with Crippen LogP contribution in [-0.2, 0) is 14.4 Å². The second kappa shape index (κ2) is 4.97. The molecular weight excluding hydrogens is 316 g/mol. The van der Waals surface area contributed by atoms with E-state index in [4.69, 9.17) is 0 Å². The summed E-state index contributed by atoms with van der Waals surface area (Å²) in [4.78, 5) is 42.6. The van der Waals surface area contributed by atoms with E-state index >= 15 is 0 Å². The molecule has 2 atom stereocenters. The van der Waals surface area contributed by atoms with Crippen LogP contribution >= 0.6 is 0 Å². The third-order valence-electron chi connectivity index (χ3n) is 6.19. The Morgan fingerprint density at radius 2 is 1.96 bits per heavy atom. The van der Waals surface area contributed by atoms with Crippen LogP contribution in [0.4, 0.5) is 5.69 Å². The Kier molecular flexibility index (Phi) is 3.17. The standard InChI is InChI=1S/C20H20N2O3/c1-11-10-15(12-6-4-5-7-14(12)21-11)22-18(25)20-9-8-13(19(20,2)3)16(23)17(20)24/h4-7,10,13H,8-9H2,1-3H3,(H,21,22,25). The molecule has 5 nitrogen and oxygen atoms in total. The summed E-state index contributed by atoms with van der Waals surface area (Å²) in [7, 11) is 0. The average Bonchev–Trinajstić information content (AvgIpc) is 2.91. The highest BCUT2D eigenvalue weighted by Gasteiger charge is 2.72. The monoisotopic (exact) mass is 336 g/mol. The first-order valence-corrected chi connectivity index (χ1v) is 8.55. The number of anilines is 1. The number of ketones is 2. The van der Waals surface area contributed by atoms with Crippen molar-refractivity contribution in [3.63, 3.8) is 0 Å². The summed E-state index contributed by atoms with van der Waals surface area (Å²) in [5, 5.41) is 3.76. The molecule has 2 bridgehead atoms. The van der Waals surface area contributed by atoms with Gasteiger partial charge in [0.25, 0.3) is 0 Å². The van der Waals surface area contributed by atoms with E-state index in [0.717, 1.165) is 16.6 Å². The van der Waals surface area contributed by atoms with Crippen LogP contribution in [0.15, 0.2) is 30.3 Å². The number of carbonyl (C=O) groups excluding carboxylic acids is 3. The van der Waals surface area contributed by atoms with E-state index in [-0.39, 0.29) is 17.6 Å². The van der Waals surface area contributed by atoms with Gasteiger partial charge in [0.2, 0.25) is 17.5 Å². The lowest BCUT2D eigenvalue weighted by Crippen LogP contribution is -2.47. The van der Waals surface area contributed by atoms with E-state index in [1.165, 1.54) is 0 Å². The molecule has 1 N–H and O–H groups in total. The molecular formula is C20H20N2O3. The van der Waals surface area contributed by atoms with Gasteiger partial charge in [0, 0.05) is 17.0 Å². The summed E-state index contributed by atoms with van der Waals surface area (Å²) >= 11 is 0. The predicted octanol–water partition coefficient (Wildman–Crippen LogP) is 3.06. The summed E-state index contributed by atoms with van der Waals surface area (Å²) in [5.74, 6) is -1.63. The number of hydrogen-bond donors (Lipinski definition) is 1. The largest absolute Gasteiger partial charge is 0.324 e. The molecule has 1 aromatic carbocycles. The zero-order valence-corrected chi connectivity index (χ0v) is 14.6. The first-order valence-electron chi connectivity index (χ1n) is 8.55. The van der Waals surface area contributed by atoms with Gasteiger partial charge in [-0.05, 0) is 37.3 Å². The van der Waals surface area contributed by atoms with Crippen molar-refractivity contribution in [2.45, 2.75) is 33.6 Å². The lowest BCUT2D eigenvalue weighted by atomic mass is 9.68. The molecule has 2 fully saturated rings. The molecule has 2 saturated carbocycles. The quantitative estimate of drug-likeness (QED) is 0.675. The minimum absolute atomic E-state index is 0.346. The lowest BCUT2D eigenvalue weighted by Gasteiger charge is -2.34. The number of rotatable bonds is 2. The normalized spacial score (nSPS) is 27.1. The highest BCUT2D eigenvalue weighted by molar-refractivity contribution is 6.48. The first kappa shape index (κ1) is 15.9. The zero-order chi connectivity index (χ0) is 18.0. The van der Waals surface area contributed by atoms with Crippen molar-refractivity contribution in [2.75, 3.05) is 5.32 Å². The fourth-order valence-electron chi connectivity index (χ4n) is 4.72. The van der Waals surface area contributed by atoms with Gasteiger partial charge in [0.15, 0.2) is 0 Å². The number of pyridine rings is 1. The molecule has 2 aromatic rings. The molecule has 0 saturated heterocycles. The van der Waals surface area contributed by atoms with Crippen LogP contribution in [0.1, 0.15) is 32.4 Å². The van der Waals surface area contributed by atoms with Crippen molar-refractivity contribution in [3.8, 4) is 0 Å². The third kappa shape index (κ3) is 1.89. The smallest absolute Gasteiger partial charge is 0.239 e. The molecule has 25 heavy (non-hydrogen) atoms. The van der Waals surface area contributed by atoms with Gasteiger partial charge in [-0.15, -0.1) is 0 Å². The molecule has 0 spiro atoms. The molecule has 0 radical (unpaired) electrons. The average molecular weight is 336 g/mol. The van der Waals surface area contributed by atoms with Crippen molar-refractivity contribution in [1.82, 2.24) is 4.98 Å². The van der Waals surface area contributed by atoms with E-state index in [0.29, 0.717) is 18.5 Å². The number of carbonyl (C=O) groups is 3. The molecule has 128 valence electrons. The van der Waals surface area contributed by atoms with Gasteiger partial charge in [-0.2, -0.15) is 0 Å². The fraction of sp³-hybridized carbons (Fsp3) is 0.400. The number of hydrogen-bond acceptors (Lipinski definition) is 4. The number of aryl methyl sites for hydroxylation is 1. The van der Waals surface area contributed by atoms with Gasteiger partial charge in [0.1, 0.15) is 5.41 Å². The van der Waals surface area contributed by atoms with E-state index < -0.39 is 16.6 Å². The molecule has 4 rings (SSSR count). The highest BCUT2D eigenvalue weighted by Crippen LogP contribution is 2.62. The molecule has 1 aromatic heterocycles. The maximum Gasteiger partial charge on any atom is 0.239 e. The topological polar surface area (TPSA) is 76.1 Å².